The van der Waals surface area contributed by atoms with E-state index in [-0.39, 0.29) is 11.7 Å². The predicted octanol–water partition coefficient (Wildman–Crippen LogP) is 3.60. The molecule has 1 heterocycles. The number of amides is 1. The Kier molecular flexibility index (Phi) is 5.67. The average molecular weight is 371 g/mol. The summed E-state index contributed by atoms with van der Waals surface area (Å²) in [7, 11) is 3.98. The van der Waals surface area contributed by atoms with Crippen molar-refractivity contribution in [3.05, 3.63) is 54.1 Å². The number of thioether (sulfide) groups is 1. The minimum absolute atomic E-state index is 0.148. The van der Waals surface area contributed by atoms with Crippen LogP contribution >= 0.6 is 23.1 Å². The monoisotopic (exact) mass is 370 g/mol. The molecule has 0 saturated heterocycles. The van der Waals surface area contributed by atoms with Crippen molar-refractivity contribution in [1.29, 1.82) is 0 Å². The molecule has 0 saturated carbocycles. The van der Waals surface area contributed by atoms with Gasteiger partial charge in [0.15, 0.2) is 4.34 Å². The van der Waals surface area contributed by atoms with Crippen molar-refractivity contribution in [1.82, 2.24) is 10.4 Å². The van der Waals surface area contributed by atoms with Gasteiger partial charge >= 0.3 is 0 Å². The zero-order valence-electron chi connectivity index (χ0n) is 14.0. The lowest BCUT2D eigenvalue weighted by Gasteiger charge is -2.11. The van der Waals surface area contributed by atoms with Crippen LogP contribution in [0.3, 0.4) is 0 Å². The summed E-state index contributed by atoms with van der Waals surface area (Å²) in [6.07, 6.45) is 1.64. The maximum atomic E-state index is 11.9. The van der Waals surface area contributed by atoms with E-state index in [2.05, 4.69) is 15.5 Å². The van der Waals surface area contributed by atoms with Crippen molar-refractivity contribution in [3.63, 3.8) is 0 Å². The van der Waals surface area contributed by atoms with Crippen LogP contribution in [0, 0.1) is 0 Å². The molecule has 1 amide bonds. The van der Waals surface area contributed by atoms with Crippen LogP contribution in [0.4, 0.5) is 5.69 Å². The summed E-state index contributed by atoms with van der Waals surface area (Å²) in [6, 6.07) is 15.9. The number of carbonyl (C=O) groups is 1. The van der Waals surface area contributed by atoms with Crippen LogP contribution in [0.5, 0.6) is 0 Å². The zero-order valence-corrected chi connectivity index (χ0v) is 15.6. The summed E-state index contributed by atoms with van der Waals surface area (Å²) in [5, 5.41) is 4.00. The first-order chi connectivity index (χ1) is 12.1. The molecule has 25 heavy (non-hydrogen) atoms. The smallest absolute Gasteiger partial charge is 0.250 e. The van der Waals surface area contributed by atoms with Crippen LogP contribution in [0.1, 0.15) is 5.56 Å². The number of rotatable bonds is 6. The molecule has 0 spiro atoms. The standard InChI is InChI=1S/C18H18N4OS2/c1-22(2)14-9-7-13(8-10-14)11-19-21-17(23)12-24-18-20-15-5-3-4-6-16(15)25-18/h3-11H,12H2,1-2H3,(H,21,23)/b19-11+. The van der Waals surface area contributed by atoms with E-state index in [1.807, 2.05) is 67.5 Å². The molecule has 0 aliphatic rings. The van der Waals surface area contributed by atoms with Gasteiger partial charge in [-0.1, -0.05) is 36.0 Å². The van der Waals surface area contributed by atoms with Gasteiger partial charge < -0.3 is 4.90 Å². The summed E-state index contributed by atoms with van der Waals surface area (Å²) < 4.78 is 2.02. The lowest BCUT2D eigenvalue weighted by atomic mass is 10.2. The largest absolute Gasteiger partial charge is 0.378 e. The first-order valence-electron chi connectivity index (χ1n) is 7.69. The number of hydrogen-bond acceptors (Lipinski definition) is 6. The highest BCUT2D eigenvalue weighted by molar-refractivity contribution is 8.01. The molecule has 7 heteroatoms. The van der Waals surface area contributed by atoms with Gasteiger partial charge in [-0.05, 0) is 29.8 Å². The molecular weight excluding hydrogens is 352 g/mol. The fourth-order valence-electron chi connectivity index (χ4n) is 2.11. The molecule has 0 aliphatic heterocycles. The van der Waals surface area contributed by atoms with E-state index in [9.17, 15) is 4.79 Å². The van der Waals surface area contributed by atoms with Gasteiger partial charge in [0.05, 0.1) is 22.2 Å². The summed E-state index contributed by atoms with van der Waals surface area (Å²) in [5.41, 5.74) is 5.57. The second-order valence-electron chi connectivity index (χ2n) is 5.52. The SMILES string of the molecule is CN(C)c1ccc(/C=N/NC(=O)CSc2nc3ccccc3s2)cc1. The Morgan fingerprint density at radius 2 is 2.00 bits per heavy atom. The maximum absolute atomic E-state index is 11.9. The third-order valence-electron chi connectivity index (χ3n) is 3.41. The van der Waals surface area contributed by atoms with E-state index in [0.29, 0.717) is 0 Å². The minimum Gasteiger partial charge on any atom is -0.378 e. The Balaban J connectivity index is 1.48. The molecule has 0 fully saturated rings. The number of hydrazone groups is 1. The van der Waals surface area contributed by atoms with Gasteiger partial charge in [-0.3, -0.25) is 4.79 Å². The topological polar surface area (TPSA) is 57.6 Å². The molecule has 5 nitrogen and oxygen atoms in total. The van der Waals surface area contributed by atoms with Crippen molar-refractivity contribution < 1.29 is 4.79 Å². The summed E-state index contributed by atoms with van der Waals surface area (Å²) in [5.74, 6) is 0.141. The number of aromatic nitrogens is 1. The quantitative estimate of drug-likeness (QED) is 0.409. The van der Waals surface area contributed by atoms with Crippen molar-refractivity contribution in [2.24, 2.45) is 5.10 Å². The van der Waals surface area contributed by atoms with Crippen LogP contribution in [-0.2, 0) is 4.79 Å². The molecule has 0 aliphatic carbocycles. The Labute approximate surface area is 154 Å². The van der Waals surface area contributed by atoms with Crippen molar-refractivity contribution >= 4 is 51.1 Å². The van der Waals surface area contributed by atoms with Gasteiger partial charge in [0.2, 0.25) is 0 Å². The van der Waals surface area contributed by atoms with E-state index in [1.54, 1.807) is 17.6 Å². The molecule has 3 aromatic rings. The highest BCUT2D eigenvalue weighted by Gasteiger charge is 2.06. The van der Waals surface area contributed by atoms with Gasteiger partial charge in [-0.15, -0.1) is 11.3 Å². The number of benzene rings is 2. The number of thiazole rings is 1. The zero-order chi connectivity index (χ0) is 17.6. The summed E-state index contributed by atoms with van der Waals surface area (Å²) in [6.45, 7) is 0. The number of hydrogen-bond donors (Lipinski definition) is 1. The van der Waals surface area contributed by atoms with E-state index in [4.69, 9.17) is 0 Å². The highest BCUT2D eigenvalue weighted by Crippen LogP contribution is 2.28. The van der Waals surface area contributed by atoms with Crippen LogP contribution in [0.15, 0.2) is 58.0 Å². The number of anilines is 1. The molecule has 128 valence electrons. The molecule has 0 atom stereocenters. The van der Waals surface area contributed by atoms with Crippen molar-refractivity contribution in [3.8, 4) is 0 Å². The van der Waals surface area contributed by atoms with E-state index < -0.39 is 0 Å². The van der Waals surface area contributed by atoms with Crippen molar-refractivity contribution in [2.45, 2.75) is 4.34 Å². The van der Waals surface area contributed by atoms with Crippen LogP contribution < -0.4 is 10.3 Å². The third-order valence-corrected chi connectivity index (χ3v) is 5.59. The second-order valence-corrected chi connectivity index (χ2v) is 7.77. The van der Waals surface area contributed by atoms with E-state index >= 15 is 0 Å². The molecule has 0 unspecified atom stereocenters. The number of nitrogens with one attached hydrogen (secondary N) is 1. The fraction of sp³-hybridized carbons (Fsp3) is 0.167. The number of para-hydroxylation sites is 1. The van der Waals surface area contributed by atoms with Crippen LogP contribution in [0.2, 0.25) is 0 Å². The number of fused-ring (bicyclic) bond motifs is 1. The Hall–Kier alpha value is -2.38. The van der Waals surface area contributed by atoms with Gasteiger partial charge in [0.1, 0.15) is 0 Å². The lowest BCUT2D eigenvalue weighted by molar-refractivity contribution is -0.118. The average Bonchev–Trinajstić information content (AvgIpc) is 3.03. The number of nitrogens with zero attached hydrogens (tertiary/aromatic N) is 3. The van der Waals surface area contributed by atoms with Gasteiger partial charge in [0.25, 0.3) is 5.91 Å². The van der Waals surface area contributed by atoms with Gasteiger partial charge in [0, 0.05) is 19.8 Å². The fourth-order valence-corrected chi connectivity index (χ4v) is 3.97. The first-order valence-corrected chi connectivity index (χ1v) is 9.50. The lowest BCUT2D eigenvalue weighted by Crippen LogP contribution is -2.19. The molecule has 1 N–H and O–H groups in total. The molecule has 1 aromatic heterocycles. The molecular formula is C18H18N4OS2. The first kappa shape index (κ1) is 17.4. The predicted molar refractivity (Wildman–Crippen MR) is 107 cm³/mol. The molecule has 0 radical (unpaired) electrons. The maximum Gasteiger partial charge on any atom is 0.250 e. The van der Waals surface area contributed by atoms with Gasteiger partial charge in [-0.25, -0.2) is 10.4 Å². The highest BCUT2D eigenvalue weighted by atomic mass is 32.2. The summed E-state index contributed by atoms with van der Waals surface area (Å²) in [4.78, 5) is 18.4. The normalized spacial score (nSPS) is 11.1. The Morgan fingerprint density at radius 1 is 1.24 bits per heavy atom. The van der Waals surface area contributed by atoms with Gasteiger partial charge in [-0.2, -0.15) is 5.10 Å². The Morgan fingerprint density at radius 3 is 2.72 bits per heavy atom. The van der Waals surface area contributed by atoms with Crippen LogP contribution in [0.25, 0.3) is 10.2 Å². The number of carbonyl (C=O) groups excluding carboxylic acids is 1. The molecule has 2 aromatic carbocycles. The third kappa shape index (κ3) is 4.80. The van der Waals surface area contributed by atoms with E-state index in [1.165, 1.54) is 11.8 Å². The second kappa shape index (κ2) is 8.13. The van der Waals surface area contributed by atoms with Crippen molar-refractivity contribution in [2.75, 3.05) is 24.7 Å². The van der Waals surface area contributed by atoms with Crippen LogP contribution in [-0.4, -0.2) is 37.0 Å². The molecule has 0 bridgehead atoms. The minimum atomic E-state index is -0.148. The Bertz CT molecular complexity index is 854. The summed E-state index contributed by atoms with van der Waals surface area (Å²) >= 11 is 3.01. The van der Waals surface area contributed by atoms with E-state index in [0.717, 1.165) is 25.8 Å². The molecule has 3 rings (SSSR count).